The van der Waals surface area contributed by atoms with Gasteiger partial charge in [-0.3, -0.25) is 4.99 Å². The number of nitrogens with one attached hydrogen (secondary N) is 2. The number of halogens is 2. The fourth-order valence-electron chi connectivity index (χ4n) is 3.27. The molecule has 0 radical (unpaired) electrons. The summed E-state index contributed by atoms with van der Waals surface area (Å²) in [5.74, 6) is 0.647. The monoisotopic (exact) mass is 524 g/mol. The van der Waals surface area contributed by atoms with E-state index < -0.39 is 0 Å². The van der Waals surface area contributed by atoms with Crippen molar-refractivity contribution in [3.63, 3.8) is 0 Å². The Kier molecular flexibility index (Phi) is 4.60. The maximum Gasteiger partial charge on any atom is 0.147 e. The number of hydrogen-bond donors (Lipinski definition) is 4. The highest BCUT2D eigenvalue weighted by Gasteiger charge is 2.13. The van der Waals surface area contributed by atoms with Gasteiger partial charge in [-0.25, -0.2) is 4.98 Å². The van der Waals surface area contributed by atoms with Crippen LogP contribution >= 0.6 is 31.9 Å². The van der Waals surface area contributed by atoms with Crippen LogP contribution in [0.2, 0.25) is 0 Å². The molecule has 148 valence electrons. The van der Waals surface area contributed by atoms with E-state index in [-0.39, 0.29) is 16.0 Å². The first-order chi connectivity index (χ1) is 14.5. The average Bonchev–Trinajstić information content (AvgIpc) is 3.39. The minimum atomic E-state index is -0.0808. The largest absolute Gasteiger partial charge is 0.506 e. The number of fused-ring (bicyclic) bond motifs is 2. The van der Waals surface area contributed by atoms with Crippen molar-refractivity contribution in [1.29, 1.82) is 0 Å². The van der Waals surface area contributed by atoms with E-state index in [9.17, 15) is 10.2 Å². The zero-order valence-corrected chi connectivity index (χ0v) is 18.5. The molecule has 0 aliphatic rings. The summed E-state index contributed by atoms with van der Waals surface area (Å²) in [6.07, 6.45) is 3.46. The predicted molar refractivity (Wildman–Crippen MR) is 126 cm³/mol. The first kappa shape index (κ1) is 18.9. The van der Waals surface area contributed by atoms with Gasteiger partial charge in [0.25, 0.3) is 0 Å². The number of imidazole rings is 1. The van der Waals surface area contributed by atoms with Crippen molar-refractivity contribution in [2.45, 2.75) is 0 Å². The number of rotatable bonds is 3. The molecule has 2 aromatic heterocycles. The summed E-state index contributed by atoms with van der Waals surface area (Å²) in [5.41, 5.74) is 4.96. The Labute approximate surface area is 187 Å². The summed E-state index contributed by atoms with van der Waals surface area (Å²) < 4.78 is 0.672. The topological polar surface area (TPSA) is 97.3 Å². The Hall–Kier alpha value is -3.10. The molecule has 0 saturated heterocycles. The Morgan fingerprint density at radius 3 is 2.63 bits per heavy atom. The third-order valence-electron chi connectivity index (χ3n) is 4.84. The first-order valence-corrected chi connectivity index (χ1v) is 10.6. The van der Waals surface area contributed by atoms with E-state index >= 15 is 0 Å². The Morgan fingerprint density at radius 1 is 0.933 bits per heavy atom. The molecule has 0 fully saturated rings. The van der Waals surface area contributed by atoms with E-state index in [0.29, 0.717) is 15.7 Å². The fourth-order valence-corrected chi connectivity index (χ4v) is 4.42. The lowest BCUT2D eigenvalue weighted by atomic mass is 10.1. The molecule has 0 aliphatic heterocycles. The third-order valence-corrected chi connectivity index (χ3v) is 6.20. The quantitative estimate of drug-likeness (QED) is 0.205. The number of H-pyrrole nitrogens is 2. The van der Waals surface area contributed by atoms with E-state index in [1.807, 2.05) is 42.6 Å². The van der Waals surface area contributed by atoms with Gasteiger partial charge in [-0.05, 0) is 80.4 Å². The maximum absolute atomic E-state index is 10.2. The van der Waals surface area contributed by atoms with Crippen LogP contribution in [0, 0.1) is 0 Å². The van der Waals surface area contributed by atoms with Crippen LogP contribution in [0.5, 0.6) is 11.5 Å². The SMILES string of the molecule is Oc1c(Br)cc(/C=N/c2ccc3[nH]c(-c4ccc5[nH]ccc5c4)nc3c2)c(O)c1Br. The molecule has 8 heteroatoms. The molecular weight excluding hydrogens is 512 g/mol. The van der Waals surface area contributed by atoms with Crippen LogP contribution in [0.3, 0.4) is 0 Å². The molecule has 0 saturated carbocycles. The number of phenolic OH excluding ortho intramolecular Hbond substituents is 2. The molecule has 5 rings (SSSR count). The van der Waals surface area contributed by atoms with Crippen LogP contribution in [0.1, 0.15) is 5.56 Å². The zero-order valence-electron chi connectivity index (χ0n) is 15.3. The molecule has 0 atom stereocenters. The Morgan fingerprint density at radius 2 is 1.77 bits per heavy atom. The van der Waals surface area contributed by atoms with Crippen LogP contribution in [0.25, 0.3) is 33.3 Å². The highest BCUT2D eigenvalue weighted by molar-refractivity contribution is 9.11. The smallest absolute Gasteiger partial charge is 0.147 e. The molecule has 4 N–H and O–H groups in total. The van der Waals surface area contributed by atoms with Crippen LogP contribution in [0.4, 0.5) is 5.69 Å². The molecule has 3 aromatic carbocycles. The standard InChI is InChI=1S/C22H14Br2N4O2/c23-15-8-13(20(29)19(24)21(15)30)10-26-14-2-4-17-18(9-14)28-22(27-17)12-1-3-16-11(7-12)5-6-25-16/h1-10,25,29-30H,(H,27,28)/b26-10+. The van der Waals surface area contributed by atoms with Gasteiger partial charge in [0.15, 0.2) is 0 Å². The molecule has 0 bridgehead atoms. The lowest BCUT2D eigenvalue weighted by molar-refractivity contribution is 0.442. The Balaban J connectivity index is 1.49. The minimum Gasteiger partial charge on any atom is -0.506 e. The van der Waals surface area contributed by atoms with Crippen LogP contribution < -0.4 is 0 Å². The lowest BCUT2D eigenvalue weighted by Crippen LogP contribution is -1.85. The van der Waals surface area contributed by atoms with Gasteiger partial charge in [-0.15, -0.1) is 0 Å². The number of aliphatic imine (C=N–C) groups is 1. The molecule has 0 unspecified atom stereocenters. The van der Waals surface area contributed by atoms with Crippen LogP contribution in [-0.4, -0.2) is 31.4 Å². The van der Waals surface area contributed by atoms with E-state index in [1.165, 1.54) is 0 Å². The minimum absolute atomic E-state index is 0.0621. The highest BCUT2D eigenvalue weighted by atomic mass is 79.9. The van der Waals surface area contributed by atoms with E-state index in [2.05, 4.69) is 52.9 Å². The second-order valence-corrected chi connectivity index (χ2v) is 8.43. The number of hydrogen-bond acceptors (Lipinski definition) is 4. The van der Waals surface area contributed by atoms with Gasteiger partial charge in [0.2, 0.25) is 0 Å². The second-order valence-electron chi connectivity index (χ2n) is 6.78. The summed E-state index contributed by atoms with van der Waals surface area (Å²) in [6, 6.07) is 15.5. The van der Waals surface area contributed by atoms with Gasteiger partial charge >= 0.3 is 0 Å². The van der Waals surface area contributed by atoms with Crippen LogP contribution in [0.15, 0.2) is 68.7 Å². The van der Waals surface area contributed by atoms with Crippen molar-refractivity contribution in [2.24, 2.45) is 4.99 Å². The second kappa shape index (κ2) is 7.30. The van der Waals surface area contributed by atoms with Crippen LogP contribution in [-0.2, 0) is 0 Å². The Bertz CT molecular complexity index is 1450. The molecule has 0 amide bonds. The van der Waals surface area contributed by atoms with Gasteiger partial charge in [-0.2, -0.15) is 0 Å². The summed E-state index contributed by atoms with van der Waals surface area (Å²) >= 11 is 6.43. The lowest BCUT2D eigenvalue weighted by Gasteiger charge is -2.06. The molecule has 0 aliphatic carbocycles. The van der Waals surface area contributed by atoms with Gasteiger partial charge in [0.1, 0.15) is 21.8 Å². The predicted octanol–water partition coefficient (Wildman–Crippen LogP) is 6.40. The molecule has 30 heavy (non-hydrogen) atoms. The average molecular weight is 526 g/mol. The number of aromatic hydroxyl groups is 2. The van der Waals surface area contributed by atoms with E-state index in [4.69, 9.17) is 4.98 Å². The number of nitrogens with zero attached hydrogens (tertiary/aromatic N) is 2. The summed E-state index contributed by atoms with van der Waals surface area (Å²) in [4.78, 5) is 15.7. The van der Waals surface area contributed by atoms with Crippen molar-refractivity contribution in [3.05, 3.63) is 69.2 Å². The van der Waals surface area contributed by atoms with Crippen molar-refractivity contribution in [2.75, 3.05) is 0 Å². The first-order valence-electron chi connectivity index (χ1n) is 9.01. The van der Waals surface area contributed by atoms with Gasteiger partial charge in [-0.1, -0.05) is 0 Å². The van der Waals surface area contributed by atoms with Crippen molar-refractivity contribution in [3.8, 4) is 22.9 Å². The molecule has 2 heterocycles. The van der Waals surface area contributed by atoms with Gasteiger partial charge in [0.05, 0.1) is 21.2 Å². The van der Waals surface area contributed by atoms with Gasteiger partial charge < -0.3 is 20.2 Å². The van der Waals surface area contributed by atoms with Crippen molar-refractivity contribution in [1.82, 2.24) is 15.0 Å². The molecule has 5 aromatic rings. The highest BCUT2D eigenvalue weighted by Crippen LogP contribution is 2.40. The number of benzene rings is 3. The normalized spacial score (nSPS) is 11.8. The van der Waals surface area contributed by atoms with Crippen molar-refractivity contribution < 1.29 is 10.2 Å². The summed E-state index contributed by atoms with van der Waals surface area (Å²) in [6.45, 7) is 0. The number of aromatic nitrogens is 3. The van der Waals surface area contributed by atoms with Crippen molar-refractivity contribution >= 4 is 65.7 Å². The van der Waals surface area contributed by atoms with E-state index in [0.717, 1.165) is 33.3 Å². The van der Waals surface area contributed by atoms with Gasteiger partial charge in [0, 0.05) is 34.4 Å². The number of aromatic amines is 2. The summed E-state index contributed by atoms with van der Waals surface area (Å²) in [5, 5.41) is 21.2. The third kappa shape index (κ3) is 3.28. The number of phenols is 2. The zero-order chi connectivity index (χ0) is 20.8. The maximum atomic E-state index is 10.2. The summed E-state index contributed by atoms with van der Waals surface area (Å²) in [7, 11) is 0. The molecule has 6 nitrogen and oxygen atoms in total. The molecule has 0 spiro atoms. The fraction of sp³-hybridized carbons (Fsp3) is 0. The van der Waals surface area contributed by atoms with E-state index in [1.54, 1.807) is 12.3 Å². The molecular formula is C22H14Br2N4O2.